The smallest absolute Gasteiger partial charge is 0.322 e. The summed E-state index contributed by atoms with van der Waals surface area (Å²) in [7, 11) is 0. The number of ether oxygens (including phenoxy) is 1. The molecule has 0 aliphatic heterocycles. The van der Waals surface area contributed by atoms with E-state index in [2.05, 4.69) is 9.97 Å². The van der Waals surface area contributed by atoms with Gasteiger partial charge in [0.15, 0.2) is 0 Å². The van der Waals surface area contributed by atoms with Crippen LogP contribution in [-0.4, -0.2) is 20.1 Å². The van der Waals surface area contributed by atoms with Crippen LogP contribution < -0.4 is 10.5 Å². The second-order valence-corrected chi connectivity index (χ2v) is 3.93. The van der Waals surface area contributed by atoms with E-state index in [1.54, 1.807) is 30.3 Å². The van der Waals surface area contributed by atoms with E-state index in [1.807, 2.05) is 0 Å². The number of aliphatic hydroxyl groups excluding tert-OH is 1. The number of nitrogens with two attached hydrogens (primary N) is 1. The van der Waals surface area contributed by atoms with Gasteiger partial charge in [0.05, 0.1) is 6.61 Å². The van der Waals surface area contributed by atoms with Crippen LogP contribution in [0.15, 0.2) is 36.5 Å². The van der Waals surface area contributed by atoms with Gasteiger partial charge in [-0.25, -0.2) is 4.98 Å². The molecule has 92 valence electrons. The Balaban J connectivity index is 2.17. The quantitative estimate of drug-likeness (QED) is 0.810. The molecule has 6 heteroatoms. The monoisotopic (exact) mass is 261 g/mol. The van der Waals surface area contributed by atoms with E-state index in [4.69, 9.17) is 27.8 Å². The molecule has 2 rings (SSSR count). The molecule has 0 fully saturated rings. The number of aromatic nitrogens is 2. The number of hydrogen-bond donors (Lipinski definition) is 2. The molecule has 0 unspecified atom stereocenters. The first kappa shape index (κ1) is 12.4. The van der Waals surface area contributed by atoms with Gasteiger partial charge in [-0.05, 0) is 23.8 Å². The maximum atomic E-state index is 8.92. The molecule has 0 radical (unpaired) electrons. The van der Waals surface area contributed by atoms with E-state index in [0.717, 1.165) is 5.56 Å². The summed E-state index contributed by atoms with van der Waals surface area (Å²) in [6, 6.07) is 8.76. The summed E-state index contributed by atoms with van der Waals surface area (Å²) >= 11 is 4.82. The Morgan fingerprint density at radius 2 is 2.00 bits per heavy atom. The highest BCUT2D eigenvalue weighted by Gasteiger charge is 2.04. The van der Waals surface area contributed by atoms with Crippen LogP contribution >= 0.6 is 12.2 Å². The van der Waals surface area contributed by atoms with Crippen LogP contribution in [0.5, 0.6) is 11.8 Å². The largest absolute Gasteiger partial charge is 0.424 e. The summed E-state index contributed by atoms with van der Waals surface area (Å²) in [5.74, 6) is 0.576. The van der Waals surface area contributed by atoms with Crippen LogP contribution in [0, 0.1) is 0 Å². The van der Waals surface area contributed by atoms with E-state index in [1.165, 1.54) is 6.20 Å². The Morgan fingerprint density at radius 1 is 1.28 bits per heavy atom. The maximum absolute atomic E-state index is 8.92. The Kier molecular flexibility index (Phi) is 3.81. The van der Waals surface area contributed by atoms with E-state index in [-0.39, 0.29) is 17.6 Å². The summed E-state index contributed by atoms with van der Waals surface area (Å²) in [5, 5.41) is 8.92. The zero-order chi connectivity index (χ0) is 13.0. The van der Waals surface area contributed by atoms with Crippen molar-refractivity contribution in [3.8, 4) is 11.8 Å². The molecule has 1 aromatic carbocycles. The van der Waals surface area contributed by atoms with Gasteiger partial charge in [-0.2, -0.15) is 4.98 Å². The number of nitrogens with zero attached hydrogens (tertiary/aromatic N) is 2. The van der Waals surface area contributed by atoms with E-state index < -0.39 is 0 Å². The standard InChI is InChI=1S/C12H11N3O2S/c13-11(18)10-5-6-14-12(15-10)17-9-3-1-8(7-16)2-4-9/h1-6,16H,7H2,(H2,13,18). The Labute approximate surface area is 109 Å². The molecule has 2 aromatic rings. The molecule has 0 aliphatic rings. The molecular weight excluding hydrogens is 250 g/mol. The van der Waals surface area contributed by atoms with Crippen molar-refractivity contribution < 1.29 is 9.84 Å². The number of benzene rings is 1. The Bertz CT molecular complexity index is 558. The molecule has 1 heterocycles. The second kappa shape index (κ2) is 5.52. The minimum Gasteiger partial charge on any atom is -0.424 e. The molecule has 1 aromatic heterocycles. The first-order valence-electron chi connectivity index (χ1n) is 5.19. The fourth-order valence-electron chi connectivity index (χ4n) is 1.30. The van der Waals surface area contributed by atoms with Crippen molar-refractivity contribution >= 4 is 17.2 Å². The van der Waals surface area contributed by atoms with Crippen LogP contribution in [-0.2, 0) is 6.61 Å². The first-order valence-corrected chi connectivity index (χ1v) is 5.60. The third-order valence-corrected chi connectivity index (χ3v) is 2.41. The summed E-state index contributed by atoms with van der Waals surface area (Å²) in [5.41, 5.74) is 6.74. The van der Waals surface area contributed by atoms with E-state index in [0.29, 0.717) is 11.4 Å². The molecule has 0 saturated heterocycles. The molecule has 0 spiro atoms. The fourth-order valence-corrected chi connectivity index (χ4v) is 1.41. The summed E-state index contributed by atoms with van der Waals surface area (Å²) in [6.07, 6.45) is 1.53. The van der Waals surface area contributed by atoms with Gasteiger partial charge in [0.2, 0.25) is 0 Å². The topological polar surface area (TPSA) is 81.3 Å². The molecular formula is C12H11N3O2S. The third-order valence-electron chi connectivity index (χ3n) is 2.20. The highest BCUT2D eigenvalue weighted by molar-refractivity contribution is 7.80. The van der Waals surface area contributed by atoms with Crippen molar-refractivity contribution in [2.75, 3.05) is 0 Å². The van der Waals surface area contributed by atoms with Gasteiger partial charge in [0, 0.05) is 6.20 Å². The average molecular weight is 261 g/mol. The summed E-state index contributed by atoms with van der Waals surface area (Å²) < 4.78 is 5.45. The molecule has 0 aliphatic carbocycles. The van der Waals surface area contributed by atoms with Crippen LogP contribution in [0.2, 0.25) is 0 Å². The zero-order valence-electron chi connectivity index (χ0n) is 9.41. The van der Waals surface area contributed by atoms with Crippen molar-refractivity contribution in [1.82, 2.24) is 9.97 Å². The maximum Gasteiger partial charge on any atom is 0.322 e. The summed E-state index contributed by atoms with van der Waals surface area (Å²) in [6.45, 7) is -0.00624. The van der Waals surface area contributed by atoms with Gasteiger partial charge in [-0.3, -0.25) is 0 Å². The van der Waals surface area contributed by atoms with Crippen molar-refractivity contribution in [3.05, 3.63) is 47.8 Å². The first-order chi connectivity index (χ1) is 8.69. The van der Waals surface area contributed by atoms with Crippen LogP contribution in [0.4, 0.5) is 0 Å². The predicted octanol–water partition coefficient (Wildman–Crippen LogP) is 1.40. The van der Waals surface area contributed by atoms with Crippen LogP contribution in [0.25, 0.3) is 0 Å². The lowest BCUT2D eigenvalue weighted by molar-refractivity contribution is 0.281. The van der Waals surface area contributed by atoms with Crippen molar-refractivity contribution in [1.29, 1.82) is 0 Å². The molecule has 5 nitrogen and oxygen atoms in total. The van der Waals surface area contributed by atoms with Gasteiger partial charge >= 0.3 is 6.01 Å². The highest BCUT2D eigenvalue weighted by Crippen LogP contribution is 2.18. The number of hydrogen-bond acceptors (Lipinski definition) is 5. The van der Waals surface area contributed by atoms with Crippen molar-refractivity contribution in [2.45, 2.75) is 6.61 Å². The lowest BCUT2D eigenvalue weighted by Crippen LogP contribution is -2.12. The van der Waals surface area contributed by atoms with Gasteiger partial charge in [0.1, 0.15) is 16.4 Å². The fraction of sp³-hybridized carbons (Fsp3) is 0.0833. The van der Waals surface area contributed by atoms with Crippen molar-refractivity contribution in [2.24, 2.45) is 5.73 Å². The zero-order valence-corrected chi connectivity index (χ0v) is 10.2. The van der Waals surface area contributed by atoms with Crippen molar-refractivity contribution in [3.63, 3.8) is 0 Å². The normalized spacial score (nSPS) is 10.1. The van der Waals surface area contributed by atoms with E-state index >= 15 is 0 Å². The van der Waals surface area contributed by atoms with Gasteiger partial charge < -0.3 is 15.6 Å². The van der Waals surface area contributed by atoms with Gasteiger partial charge in [0.25, 0.3) is 0 Å². The van der Waals surface area contributed by atoms with Gasteiger partial charge in [-0.15, -0.1) is 0 Å². The lowest BCUT2D eigenvalue weighted by atomic mass is 10.2. The molecule has 0 bridgehead atoms. The molecule has 0 amide bonds. The van der Waals surface area contributed by atoms with Gasteiger partial charge in [-0.1, -0.05) is 24.4 Å². The van der Waals surface area contributed by atoms with Crippen LogP contribution in [0.1, 0.15) is 11.3 Å². The van der Waals surface area contributed by atoms with E-state index in [9.17, 15) is 0 Å². The highest BCUT2D eigenvalue weighted by atomic mass is 32.1. The lowest BCUT2D eigenvalue weighted by Gasteiger charge is -2.05. The molecule has 18 heavy (non-hydrogen) atoms. The average Bonchev–Trinajstić information content (AvgIpc) is 2.40. The number of aliphatic hydroxyl groups is 1. The summed E-state index contributed by atoms with van der Waals surface area (Å²) in [4.78, 5) is 8.22. The minimum absolute atomic E-state index is 0.00624. The Hall–Kier alpha value is -2.05. The molecule has 3 N–H and O–H groups in total. The number of thiocarbonyl (C=S) groups is 1. The third kappa shape index (κ3) is 2.99. The minimum atomic E-state index is -0.00624. The molecule has 0 atom stereocenters. The number of rotatable bonds is 4. The van der Waals surface area contributed by atoms with Crippen LogP contribution in [0.3, 0.4) is 0 Å². The SMILES string of the molecule is NC(=S)c1ccnc(Oc2ccc(CO)cc2)n1. The predicted molar refractivity (Wildman–Crippen MR) is 70.4 cm³/mol. The Morgan fingerprint density at radius 3 is 2.61 bits per heavy atom. The second-order valence-electron chi connectivity index (χ2n) is 3.49. The molecule has 0 saturated carbocycles.